The Kier molecular flexibility index (Phi) is 24.6. The van der Waals surface area contributed by atoms with Gasteiger partial charge in [0.05, 0.1) is 19.8 Å². The first-order valence-electron chi connectivity index (χ1n) is 12.2. The number of thioether (sulfide) groups is 1. The zero-order chi connectivity index (χ0) is 28.5. The minimum absolute atomic E-state index is 0.0787. The molecular weight excluding hydrogens is 490 g/mol. The number of hydrogen-bond acceptors (Lipinski definition) is 7. The van der Waals surface area contributed by atoms with E-state index < -0.39 is 5.97 Å². The molecule has 0 bridgehead atoms. The van der Waals surface area contributed by atoms with Gasteiger partial charge in [-0.15, -0.1) is 6.58 Å². The number of benzene rings is 1. The summed E-state index contributed by atoms with van der Waals surface area (Å²) >= 11 is 1.75. The second-order valence-electron chi connectivity index (χ2n) is 7.58. The summed E-state index contributed by atoms with van der Waals surface area (Å²) in [4.78, 5) is 24.5. The molecule has 9 heteroatoms. The highest BCUT2D eigenvalue weighted by atomic mass is 32.2. The molecule has 0 saturated carbocycles. The van der Waals surface area contributed by atoms with E-state index in [9.17, 15) is 4.79 Å². The predicted molar refractivity (Wildman–Crippen MR) is 155 cm³/mol. The van der Waals surface area contributed by atoms with Gasteiger partial charge in [-0.2, -0.15) is 0 Å². The van der Waals surface area contributed by atoms with Gasteiger partial charge >= 0.3 is 5.97 Å². The number of nitrogens with zero attached hydrogens (tertiary/aromatic N) is 2. The number of aliphatic hydroxyl groups excluding tert-OH is 1. The fraction of sp³-hybridized carbons (Fsp3) is 0.464. The zero-order valence-electron chi connectivity index (χ0n) is 22.8. The molecule has 8 nitrogen and oxygen atoms in total. The molecule has 1 aliphatic rings. The summed E-state index contributed by atoms with van der Waals surface area (Å²) in [5, 5.41) is 25.3. The number of amidine groups is 1. The summed E-state index contributed by atoms with van der Waals surface area (Å²) < 4.78 is 5.35. The monoisotopic (exact) mass is 535 g/mol. The van der Waals surface area contributed by atoms with Crippen LogP contribution in [0.4, 0.5) is 0 Å². The normalized spacial score (nSPS) is 13.3. The molecule has 1 aromatic carbocycles. The Labute approximate surface area is 227 Å². The number of piperazine rings is 1. The molecule has 0 spiro atoms. The minimum Gasteiger partial charge on any atom is -0.478 e. The lowest BCUT2D eigenvalue weighted by Crippen LogP contribution is -2.49. The third-order valence-electron chi connectivity index (χ3n) is 4.69. The van der Waals surface area contributed by atoms with Crippen molar-refractivity contribution in [3.8, 4) is 0 Å². The smallest absolute Gasteiger partial charge is 0.327 e. The molecule has 0 aliphatic carbocycles. The lowest BCUT2D eigenvalue weighted by molar-refractivity contribution is -0.131. The number of carboxylic acid groups (broad SMARTS) is 1. The Morgan fingerprint density at radius 3 is 2.24 bits per heavy atom. The number of allylic oxidation sites excluding steroid dienone is 4. The fourth-order valence-electron chi connectivity index (χ4n) is 3.12. The highest BCUT2D eigenvalue weighted by Gasteiger charge is 2.21. The van der Waals surface area contributed by atoms with E-state index in [1.165, 1.54) is 11.0 Å². The predicted octanol–water partition coefficient (Wildman–Crippen LogP) is 4.70. The number of carbonyl (C=O) groups is 2. The average Bonchev–Trinajstić information content (AvgIpc) is 2.89. The molecule has 0 atom stereocenters. The molecule has 0 aromatic heterocycles. The van der Waals surface area contributed by atoms with Crippen molar-refractivity contribution in [2.24, 2.45) is 0 Å². The van der Waals surface area contributed by atoms with Gasteiger partial charge in [-0.25, -0.2) is 4.79 Å². The lowest BCUT2D eigenvalue weighted by atomic mass is 10.1. The van der Waals surface area contributed by atoms with Crippen molar-refractivity contribution in [2.45, 2.75) is 39.0 Å². The summed E-state index contributed by atoms with van der Waals surface area (Å²) in [6, 6.07) is 8.22. The maximum absolute atomic E-state index is 9.51. The SMILES string of the molecule is C/C=C/C(=O)O.C=CC.C=O.CC/C=C(\C)Sc1ccccc1C(=N)N1CCN(CCOCCO)CC1. The van der Waals surface area contributed by atoms with Crippen molar-refractivity contribution in [3.05, 3.63) is 65.6 Å². The first kappa shape index (κ1) is 36.4. The zero-order valence-corrected chi connectivity index (χ0v) is 23.6. The Balaban J connectivity index is 0. The number of carbonyl (C=O) groups excluding carboxylic acids is 1. The second-order valence-corrected chi connectivity index (χ2v) is 8.87. The van der Waals surface area contributed by atoms with Gasteiger partial charge in [-0.1, -0.05) is 55.1 Å². The van der Waals surface area contributed by atoms with Gasteiger partial charge in [0.1, 0.15) is 12.6 Å². The van der Waals surface area contributed by atoms with Crippen LogP contribution in [0.1, 0.15) is 39.7 Å². The van der Waals surface area contributed by atoms with Crippen molar-refractivity contribution in [3.63, 3.8) is 0 Å². The average molecular weight is 536 g/mol. The van der Waals surface area contributed by atoms with E-state index in [0.29, 0.717) is 19.0 Å². The van der Waals surface area contributed by atoms with Crippen LogP contribution in [0.25, 0.3) is 0 Å². The minimum atomic E-state index is -0.891. The molecule has 3 N–H and O–H groups in total. The number of rotatable bonds is 10. The van der Waals surface area contributed by atoms with Crippen molar-refractivity contribution in [1.29, 1.82) is 5.41 Å². The van der Waals surface area contributed by atoms with E-state index in [2.05, 4.69) is 48.4 Å². The number of aliphatic hydroxyl groups is 1. The molecule has 208 valence electrons. The van der Waals surface area contributed by atoms with Gasteiger partial charge < -0.3 is 24.6 Å². The first-order chi connectivity index (χ1) is 17.8. The molecule has 1 aromatic rings. The van der Waals surface area contributed by atoms with Crippen molar-refractivity contribution in [1.82, 2.24) is 9.80 Å². The molecular formula is C28H45N3O5S. The van der Waals surface area contributed by atoms with Crippen molar-refractivity contribution < 1.29 is 24.5 Å². The van der Waals surface area contributed by atoms with Gasteiger partial charge in [0, 0.05) is 49.3 Å². The van der Waals surface area contributed by atoms with E-state index in [4.69, 9.17) is 25.2 Å². The highest BCUT2D eigenvalue weighted by Crippen LogP contribution is 2.30. The summed E-state index contributed by atoms with van der Waals surface area (Å²) in [5.74, 6) is -0.272. The van der Waals surface area contributed by atoms with Gasteiger partial charge in [0.15, 0.2) is 0 Å². The number of aliphatic carboxylic acids is 1. The largest absolute Gasteiger partial charge is 0.478 e. The topological polar surface area (TPSA) is 114 Å². The quantitative estimate of drug-likeness (QED) is 0.0987. The van der Waals surface area contributed by atoms with Crippen LogP contribution < -0.4 is 0 Å². The van der Waals surface area contributed by atoms with Crippen molar-refractivity contribution >= 4 is 30.4 Å². The molecule has 1 aliphatic heterocycles. The highest BCUT2D eigenvalue weighted by molar-refractivity contribution is 8.03. The molecule has 1 fully saturated rings. The lowest BCUT2D eigenvalue weighted by Gasteiger charge is -2.36. The number of nitrogens with one attached hydrogen (secondary N) is 1. The van der Waals surface area contributed by atoms with Gasteiger partial charge in [-0.05, 0) is 38.2 Å². The summed E-state index contributed by atoms with van der Waals surface area (Å²) in [6.07, 6.45) is 7.56. The first-order valence-corrected chi connectivity index (χ1v) is 13.1. The van der Waals surface area contributed by atoms with Crippen LogP contribution in [-0.4, -0.2) is 91.2 Å². The van der Waals surface area contributed by atoms with Crippen LogP contribution in [0.3, 0.4) is 0 Å². The number of carboxylic acids is 1. The van der Waals surface area contributed by atoms with Crippen LogP contribution >= 0.6 is 11.8 Å². The third-order valence-corrected chi connectivity index (χ3v) is 5.75. The van der Waals surface area contributed by atoms with Gasteiger partial charge in [-0.3, -0.25) is 10.3 Å². The fourth-order valence-corrected chi connectivity index (χ4v) is 4.14. The summed E-state index contributed by atoms with van der Waals surface area (Å²) in [5.41, 5.74) is 1.01. The second kappa shape index (κ2) is 25.0. The molecule has 0 unspecified atom stereocenters. The van der Waals surface area contributed by atoms with E-state index in [-0.39, 0.29) is 6.61 Å². The summed E-state index contributed by atoms with van der Waals surface area (Å²) in [6.45, 7) is 18.8. The Morgan fingerprint density at radius 2 is 1.76 bits per heavy atom. The number of hydrogen-bond donors (Lipinski definition) is 3. The molecule has 1 saturated heterocycles. The van der Waals surface area contributed by atoms with Crippen LogP contribution in [-0.2, 0) is 14.3 Å². The van der Waals surface area contributed by atoms with Crippen LogP contribution in [0, 0.1) is 5.41 Å². The van der Waals surface area contributed by atoms with Crippen LogP contribution in [0.5, 0.6) is 0 Å². The molecule has 37 heavy (non-hydrogen) atoms. The summed E-state index contributed by atoms with van der Waals surface area (Å²) in [7, 11) is 0. The molecule has 2 rings (SSSR count). The molecule has 0 radical (unpaired) electrons. The Bertz CT molecular complexity index is 822. The van der Waals surface area contributed by atoms with E-state index >= 15 is 0 Å². The standard InChI is InChI=1S/C20H31N3O2S.C4H6O2.C3H6.CH2O/c1-3-6-17(2)26-19-8-5-4-7-18(19)20(21)23-11-9-22(10-12-23)13-15-25-16-14-24;1-2-3-4(5)6;1-3-2;1-2/h4-8,21,24H,3,9-16H2,1-2H3;2-3H,1H3,(H,5,6);3H,1H2,2H3;1H2/b17-6+,21-20?;3-2+;;. The maximum atomic E-state index is 9.51. The van der Waals surface area contributed by atoms with Crippen LogP contribution in [0.15, 0.2) is 64.9 Å². The van der Waals surface area contributed by atoms with E-state index in [0.717, 1.165) is 55.7 Å². The molecule has 0 amide bonds. The van der Waals surface area contributed by atoms with Crippen LogP contribution in [0.2, 0.25) is 0 Å². The Hall–Kier alpha value is -2.72. The maximum Gasteiger partial charge on any atom is 0.327 e. The van der Waals surface area contributed by atoms with Gasteiger partial charge in [0.25, 0.3) is 0 Å². The van der Waals surface area contributed by atoms with E-state index in [1.807, 2.05) is 25.8 Å². The molecule has 1 heterocycles. The van der Waals surface area contributed by atoms with Crippen molar-refractivity contribution in [2.75, 3.05) is 52.5 Å². The van der Waals surface area contributed by atoms with Gasteiger partial charge in [0.2, 0.25) is 0 Å². The Morgan fingerprint density at radius 1 is 1.16 bits per heavy atom. The number of ether oxygens (including phenoxy) is 1. The van der Waals surface area contributed by atoms with E-state index in [1.54, 1.807) is 24.8 Å². The third kappa shape index (κ3) is 18.2.